The van der Waals surface area contributed by atoms with Gasteiger partial charge in [-0.15, -0.1) is 11.8 Å². The molecule has 0 saturated carbocycles. The smallest absolute Gasteiger partial charge is 0.236 e. The quantitative estimate of drug-likeness (QED) is 0.680. The van der Waals surface area contributed by atoms with Crippen LogP contribution in [0.15, 0.2) is 53.1 Å². The van der Waals surface area contributed by atoms with Gasteiger partial charge < -0.3 is 14.6 Å². The first-order valence-corrected chi connectivity index (χ1v) is 8.90. The number of nitrogens with zero attached hydrogens (tertiary/aromatic N) is 2. The van der Waals surface area contributed by atoms with Crippen molar-refractivity contribution in [2.24, 2.45) is 0 Å². The molecule has 0 radical (unpaired) electrons. The molecule has 1 heterocycles. The number of carbonyl (C=O) groups excluding carboxylic acids is 1. The van der Waals surface area contributed by atoms with Crippen LogP contribution in [0.1, 0.15) is 5.89 Å². The van der Waals surface area contributed by atoms with E-state index in [0.29, 0.717) is 17.5 Å². The summed E-state index contributed by atoms with van der Waals surface area (Å²) < 4.78 is 23.8. The predicted molar refractivity (Wildman–Crippen MR) is 97.5 cm³/mol. The molecule has 0 spiro atoms. The van der Waals surface area contributed by atoms with Gasteiger partial charge in [-0.3, -0.25) is 4.79 Å². The lowest BCUT2D eigenvalue weighted by atomic mass is 10.2. The Hall–Kier alpha value is -2.87. The number of hydrogen-bond acceptors (Lipinski definition) is 6. The van der Waals surface area contributed by atoms with Crippen molar-refractivity contribution in [3.63, 3.8) is 0 Å². The zero-order valence-electron chi connectivity index (χ0n) is 13.9. The van der Waals surface area contributed by atoms with Gasteiger partial charge in [0.15, 0.2) is 0 Å². The number of amides is 1. The monoisotopic (exact) mass is 373 g/mol. The zero-order chi connectivity index (χ0) is 18.4. The number of para-hydroxylation sites is 1. The molecule has 0 unspecified atom stereocenters. The Bertz CT molecular complexity index is 883. The van der Waals surface area contributed by atoms with Crippen molar-refractivity contribution in [3.05, 3.63) is 60.2 Å². The third-order valence-electron chi connectivity index (χ3n) is 3.42. The summed E-state index contributed by atoms with van der Waals surface area (Å²) in [5.74, 6) is 1.40. The minimum absolute atomic E-state index is 0.147. The van der Waals surface area contributed by atoms with Crippen LogP contribution in [0.5, 0.6) is 5.75 Å². The molecule has 0 aliphatic rings. The third kappa shape index (κ3) is 4.60. The van der Waals surface area contributed by atoms with Gasteiger partial charge in [-0.25, -0.2) is 4.39 Å². The molecule has 8 heteroatoms. The predicted octanol–water partition coefficient (Wildman–Crippen LogP) is 3.76. The van der Waals surface area contributed by atoms with Gasteiger partial charge in [0.2, 0.25) is 17.6 Å². The number of anilines is 1. The first kappa shape index (κ1) is 17.9. The van der Waals surface area contributed by atoms with Crippen LogP contribution in [0.2, 0.25) is 0 Å². The maximum atomic E-state index is 13.5. The summed E-state index contributed by atoms with van der Waals surface area (Å²) in [5.41, 5.74) is 0.973. The summed E-state index contributed by atoms with van der Waals surface area (Å²) >= 11 is 1.30. The second-order valence-electron chi connectivity index (χ2n) is 5.26. The highest BCUT2D eigenvalue weighted by atomic mass is 32.2. The van der Waals surface area contributed by atoms with Gasteiger partial charge in [0.25, 0.3) is 0 Å². The van der Waals surface area contributed by atoms with Crippen LogP contribution in [0.4, 0.5) is 10.1 Å². The summed E-state index contributed by atoms with van der Waals surface area (Å²) in [7, 11) is 1.60. The molecule has 134 valence electrons. The number of halogens is 1. The van der Waals surface area contributed by atoms with Gasteiger partial charge in [-0.05, 0) is 36.4 Å². The molecule has 0 bridgehead atoms. The van der Waals surface area contributed by atoms with Crippen LogP contribution in [0.25, 0.3) is 11.4 Å². The Balaban J connectivity index is 1.50. The number of thioether (sulfide) groups is 1. The highest BCUT2D eigenvalue weighted by Crippen LogP contribution is 2.21. The number of hydrogen-bond donors (Lipinski definition) is 1. The van der Waals surface area contributed by atoms with Gasteiger partial charge >= 0.3 is 0 Å². The summed E-state index contributed by atoms with van der Waals surface area (Å²) in [4.78, 5) is 16.2. The normalized spacial score (nSPS) is 10.5. The van der Waals surface area contributed by atoms with E-state index in [2.05, 4.69) is 15.5 Å². The van der Waals surface area contributed by atoms with Crippen LogP contribution in [0, 0.1) is 5.82 Å². The Morgan fingerprint density at radius 2 is 2.00 bits per heavy atom. The Morgan fingerprint density at radius 1 is 1.23 bits per heavy atom. The van der Waals surface area contributed by atoms with Crippen molar-refractivity contribution >= 4 is 23.4 Å². The van der Waals surface area contributed by atoms with Gasteiger partial charge in [0.1, 0.15) is 11.6 Å². The molecule has 6 nitrogen and oxygen atoms in total. The minimum atomic E-state index is -0.466. The molecular weight excluding hydrogens is 357 g/mol. The van der Waals surface area contributed by atoms with Gasteiger partial charge in [-0.1, -0.05) is 17.3 Å². The molecule has 0 atom stereocenters. The molecule has 0 aliphatic heterocycles. The van der Waals surface area contributed by atoms with Gasteiger partial charge in [-0.2, -0.15) is 4.98 Å². The molecule has 0 aliphatic carbocycles. The molecule has 26 heavy (non-hydrogen) atoms. The number of rotatable bonds is 7. The number of methoxy groups -OCH3 is 1. The zero-order valence-corrected chi connectivity index (χ0v) is 14.8. The molecule has 2 aromatic carbocycles. The average Bonchev–Trinajstić information content (AvgIpc) is 3.12. The van der Waals surface area contributed by atoms with E-state index in [-0.39, 0.29) is 17.3 Å². The highest BCUT2D eigenvalue weighted by Gasteiger charge is 2.11. The first-order chi connectivity index (χ1) is 12.7. The molecule has 0 saturated heterocycles. The van der Waals surface area contributed by atoms with Crippen molar-refractivity contribution in [2.75, 3.05) is 18.2 Å². The topological polar surface area (TPSA) is 77.2 Å². The lowest BCUT2D eigenvalue weighted by Crippen LogP contribution is -2.15. The van der Waals surface area contributed by atoms with E-state index >= 15 is 0 Å². The van der Waals surface area contributed by atoms with Crippen LogP contribution in [0.3, 0.4) is 0 Å². The highest BCUT2D eigenvalue weighted by molar-refractivity contribution is 7.99. The van der Waals surface area contributed by atoms with Crippen LogP contribution < -0.4 is 10.1 Å². The molecule has 1 amide bonds. The number of ether oxygens (including phenoxy) is 1. The average molecular weight is 373 g/mol. The summed E-state index contributed by atoms with van der Waals surface area (Å²) in [6.07, 6.45) is 0. The van der Waals surface area contributed by atoms with E-state index in [1.165, 1.54) is 23.9 Å². The largest absolute Gasteiger partial charge is 0.497 e. The van der Waals surface area contributed by atoms with E-state index in [1.54, 1.807) is 19.2 Å². The molecule has 1 N–H and O–H groups in total. The minimum Gasteiger partial charge on any atom is -0.497 e. The van der Waals surface area contributed by atoms with Crippen LogP contribution >= 0.6 is 11.8 Å². The standard InChI is InChI=1S/C18H16FN3O3S/c1-24-13-8-6-12(7-9-13)18-21-17(25-22-18)11-26-10-16(23)20-15-5-3-2-4-14(15)19/h2-9H,10-11H2,1H3,(H,20,23). The van der Waals surface area contributed by atoms with Crippen molar-refractivity contribution in [3.8, 4) is 17.1 Å². The summed E-state index contributed by atoms with van der Waals surface area (Å²) in [6.45, 7) is 0. The maximum Gasteiger partial charge on any atom is 0.236 e. The number of carbonyl (C=O) groups is 1. The lowest BCUT2D eigenvalue weighted by Gasteiger charge is -2.05. The third-order valence-corrected chi connectivity index (χ3v) is 4.34. The van der Waals surface area contributed by atoms with E-state index in [1.807, 2.05) is 24.3 Å². The molecule has 0 fully saturated rings. The van der Waals surface area contributed by atoms with E-state index in [0.717, 1.165) is 11.3 Å². The maximum absolute atomic E-state index is 13.5. The summed E-state index contributed by atoms with van der Waals surface area (Å²) in [5, 5.41) is 6.45. The Morgan fingerprint density at radius 3 is 2.73 bits per heavy atom. The van der Waals surface area contributed by atoms with E-state index < -0.39 is 5.82 Å². The van der Waals surface area contributed by atoms with Crippen molar-refractivity contribution < 1.29 is 18.4 Å². The van der Waals surface area contributed by atoms with Crippen molar-refractivity contribution in [2.45, 2.75) is 5.75 Å². The second-order valence-corrected chi connectivity index (χ2v) is 6.25. The number of nitrogens with one attached hydrogen (secondary N) is 1. The number of benzene rings is 2. The molecule has 3 aromatic rings. The Kier molecular flexibility index (Phi) is 5.85. The fourth-order valence-electron chi connectivity index (χ4n) is 2.15. The molecule has 3 rings (SSSR count). The van der Waals surface area contributed by atoms with E-state index in [9.17, 15) is 9.18 Å². The van der Waals surface area contributed by atoms with Gasteiger partial charge in [0, 0.05) is 5.56 Å². The van der Waals surface area contributed by atoms with E-state index in [4.69, 9.17) is 9.26 Å². The Labute approximate surface area is 153 Å². The van der Waals surface area contributed by atoms with Crippen LogP contribution in [-0.2, 0) is 10.5 Å². The second kappa shape index (κ2) is 8.48. The number of aromatic nitrogens is 2. The first-order valence-electron chi connectivity index (χ1n) is 7.75. The molecule has 1 aromatic heterocycles. The SMILES string of the molecule is COc1ccc(-c2noc(CSCC(=O)Nc3ccccc3F)n2)cc1. The van der Waals surface area contributed by atoms with Gasteiger partial charge in [0.05, 0.1) is 24.3 Å². The summed E-state index contributed by atoms with van der Waals surface area (Å²) in [6, 6.07) is 13.3. The van der Waals surface area contributed by atoms with Crippen molar-refractivity contribution in [1.82, 2.24) is 10.1 Å². The molecular formula is C18H16FN3O3S. The fourth-order valence-corrected chi connectivity index (χ4v) is 2.80. The van der Waals surface area contributed by atoms with Crippen molar-refractivity contribution in [1.29, 1.82) is 0 Å². The van der Waals surface area contributed by atoms with Crippen LogP contribution in [-0.4, -0.2) is 28.9 Å². The lowest BCUT2D eigenvalue weighted by molar-refractivity contribution is -0.113. The fraction of sp³-hybridized carbons (Fsp3) is 0.167.